The van der Waals surface area contributed by atoms with E-state index in [1.807, 2.05) is 0 Å². The third kappa shape index (κ3) is 4.66. The molecule has 0 aromatic rings. The van der Waals surface area contributed by atoms with Gasteiger partial charge in [-0.3, -0.25) is 0 Å². The second kappa shape index (κ2) is 4.77. The lowest BCUT2D eigenvalue weighted by molar-refractivity contribution is 0.107. The molecule has 0 bridgehead atoms. The van der Waals surface area contributed by atoms with Crippen LogP contribution in [0.5, 0.6) is 0 Å². The average molecular weight is 176 g/mol. The van der Waals surface area contributed by atoms with Crippen LogP contribution < -0.4 is 11.5 Å². The molecule has 0 saturated heterocycles. The molecule has 0 spiro atoms. The van der Waals surface area contributed by atoms with Gasteiger partial charge in [-0.2, -0.15) is 0 Å². The molecule has 12 heavy (non-hydrogen) atoms. The normalized spacial score (nSPS) is 21.5. The van der Waals surface area contributed by atoms with Crippen molar-refractivity contribution in [3.05, 3.63) is 0 Å². The molecule has 0 radical (unpaired) electrons. The molecule has 74 valence electrons. The van der Waals surface area contributed by atoms with Crippen molar-refractivity contribution >= 4 is 0 Å². The van der Waals surface area contributed by atoms with Crippen molar-refractivity contribution in [2.24, 2.45) is 11.5 Å². The number of hydrogen-bond acceptors (Lipinski definition) is 4. The maximum absolute atomic E-state index is 9.11. The van der Waals surface area contributed by atoms with Crippen molar-refractivity contribution in [2.75, 3.05) is 6.54 Å². The molecule has 0 saturated carbocycles. The van der Waals surface area contributed by atoms with Gasteiger partial charge >= 0.3 is 0 Å². The minimum Gasteiger partial charge on any atom is -0.393 e. The van der Waals surface area contributed by atoms with Crippen LogP contribution >= 0.6 is 0 Å². The Morgan fingerprint density at radius 3 is 1.67 bits per heavy atom. The van der Waals surface area contributed by atoms with Gasteiger partial charge in [-0.15, -0.1) is 0 Å². The first-order valence-corrected chi connectivity index (χ1v) is 4.25. The summed E-state index contributed by atoms with van der Waals surface area (Å²) in [5.74, 6) is 0. The van der Waals surface area contributed by atoms with Crippen molar-refractivity contribution in [3.63, 3.8) is 0 Å². The van der Waals surface area contributed by atoms with Gasteiger partial charge in [0, 0.05) is 12.1 Å². The van der Waals surface area contributed by atoms with Crippen LogP contribution in [0.4, 0.5) is 0 Å². The van der Waals surface area contributed by atoms with E-state index in [9.17, 15) is 0 Å². The summed E-state index contributed by atoms with van der Waals surface area (Å²) in [4.78, 5) is 0. The average Bonchev–Trinajstić information content (AvgIpc) is 1.83. The smallest absolute Gasteiger partial charge is 0.0530 e. The van der Waals surface area contributed by atoms with Gasteiger partial charge in [-0.05, 0) is 26.7 Å². The minimum absolute atomic E-state index is 0.281. The van der Waals surface area contributed by atoms with E-state index < -0.39 is 17.7 Å². The maximum Gasteiger partial charge on any atom is 0.0530 e. The largest absolute Gasteiger partial charge is 0.393 e. The number of rotatable bonds is 5. The second-order valence-corrected chi connectivity index (χ2v) is 3.67. The van der Waals surface area contributed by atoms with Crippen LogP contribution in [0.15, 0.2) is 0 Å². The number of aliphatic hydroxyl groups excluding tert-OH is 2. The van der Waals surface area contributed by atoms with Crippen LogP contribution in [-0.4, -0.2) is 34.5 Å². The zero-order valence-electron chi connectivity index (χ0n) is 7.83. The molecule has 4 nitrogen and oxygen atoms in total. The van der Waals surface area contributed by atoms with Crippen LogP contribution in [0.25, 0.3) is 0 Å². The lowest BCUT2D eigenvalue weighted by Crippen LogP contribution is -2.50. The summed E-state index contributed by atoms with van der Waals surface area (Å²) in [7, 11) is 0. The molecule has 0 fully saturated rings. The molecular formula is C8H20N2O2. The summed E-state index contributed by atoms with van der Waals surface area (Å²) in [5.41, 5.74) is 10.7. The van der Waals surface area contributed by atoms with Crippen LogP contribution in [0, 0.1) is 0 Å². The third-order valence-corrected chi connectivity index (χ3v) is 1.81. The molecule has 0 rings (SSSR count). The summed E-state index contributed by atoms with van der Waals surface area (Å²) >= 11 is 0. The standard InChI is InChI=1S/C8H20N2O2/c1-6(11)3-8(10,5-9)4-7(2)12/h6-7,11-12H,3-5,9-10H2,1-2H3. The molecule has 2 unspecified atom stereocenters. The molecule has 2 atom stereocenters. The fourth-order valence-corrected chi connectivity index (χ4v) is 1.43. The molecule has 6 N–H and O–H groups in total. The third-order valence-electron chi connectivity index (χ3n) is 1.81. The number of aliphatic hydroxyl groups is 2. The van der Waals surface area contributed by atoms with Gasteiger partial charge in [0.1, 0.15) is 0 Å². The molecule has 4 heteroatoms. The summed E-state index contributed by atoms with van der Waals surface area (Å²) in [5, 5.41) is 18.2. The quantitative estimate of drug-likeness (QED) is 0.440. The highest BCUT2D eigenvalue weighted by atomic mass is 16.3. The molecule has 0 amide bonds. The topological polar surface area (TPSA) is 92.5 Å². The Bertz CT molecular complexity index is 116. The highest BCUT2D eigenvalue weighted by Crippen LogP contribution is 2.15. The van der Waals surface area contributed by atoms with E-state index >= 15 is 0 Å². The summed E-state index contributed by atoms with van der Waals surface area (Å²) in [6.45, 7) is 3.61. The summed E-state index contributed by atoms with van der Waals surface area (Å²) in [6, 6.07) is 0. The Morgan fingerprint density at radius 1 is 1.17 bits per heavy atom. The van der Waals surface area contributed by atoms with Gasteiger partial charge in [-0.1, -0.05) is 0 Å². The zero-order chi connectivity index (χ0) is 9.78. The molecule has 0 aromatic carbocycles. The molecule has 0 aliphatic rings. The van der Waals surface area contributed by atoms with Gasteiger partial charge in [0.25, 0.3) is 0 Å². The predicted molar refractivity (Wildman–Crippen MR) is 48.6 cm³/mol. The fraction of sp³-hybridized carbons (Fsp3) is 1.00. The van der Waals surface area contributed by atoms with Crippen molar-refractivity contribution in [2.45, 2.75) is 44.4 Å². The molecule has 0 aromatic heterocycles. The van der Waals surface area contributed by atoms with Gasteiger partial charge in [0.15, 0.2) is 0 Å². The molecule has 0 heterocycles. The van der Waals surface area contributed by atoms with E-state index in [0.29, 0.717) is 12.8 Å². The lowest BCUT2D eigenvalue weighted by atomic mass is 9.88. The van der Waals surface area contributed by atoms with Gasteiger partial charge in [0.05, 0.1) is 12.2 Å². The zero-order valence-corrected chi connectivity index (χ0v) is 7.83. The van der Waals surface area contributed by atoms with Crippen LogP contribution in [-0.2, 0) is 0 Å². The van der Waals surface area contributed by atoms with Crippen molar-refractivity contribution in [1.29, 1.82) is 0 Å². The maximum atomic E-state index is 9.11. The fourth-order valence-electron chi connectivity index (χ4n) is 1.43. The first-order chi connectivity index (χ1) is 5.39. The molecule has 0 aliphatic carbocycles. The Morgan fingerprint density at radius 2 is 1.50 bits per heavy atom. The Hall–Kier alpha value is -0.160. The number of hydrogen-bond donors (Lipinski definition) is 4. The van der Waals surface area contributed by atoms with E-state index in [1.54, 1.807) is 13.8 Å². The van der Waals surface area contributed by atoms with Gasteiger partial charge in [-0.25, -0.2) is 0 Å². The van der Waals surface area contributed by atoms with Crippen molar-refractivity contribution < 1.29 is 10.2 Å². The molecular weight excluding hydrogens is 156 g/mol. The van der Waals surface area contributed by atoms with Crippen LogP contribution in [0.3, 0.4) is 0 Å². The highest BCUT2D eigenvalue weighted by molar-refractivity contribution is 4.88. The van der Waals surface area contributed by atoms with Gasteiger partial charge in [0.2, 0.25) is 0 Å². The van der Waals surface area contributed by atoms with E-state index in [-0.39, 0.29) is 6.54 Å². The first-order valence-electron chi connectivity index (χ1n) is 4.25. The summed E-state index contributed by atoms with van der Waals surface area (Å²) in [6.07, 6.45) is -0.0994. The van der Waals surface area contributed by atoms with E-state index in [1.165, 1.54) is 0 Å². The lowest BCUT2D eigenvalue weighted by Gasteiger charge is -2.30. The van der Waals surface area contributed by atoms with E-state index in [4.69, 9.17) is 21.7 Å². The van der Waals surface area contributed by atoms with Crippen molar-refractivity contribution in [1.82, 2.24) is 0 Å². The summed E-state index contributed by atoms with van der Waals surface area (Å²) < 4.78 is 0. The second-order valence-electron chi connectivity index (χ2n) is 3.67. The Kier molecular flexibility index (Phi) is 4.70. The van der Waals surface area contributed by atoms with Crippen molar-refractivity contribution in [3.8, 4) is 0 Å². The predicted octanol–water partition coefficient (Wildman–Crippen LogP) is -0.816. The van der Waals surface area contributed by atoms with Crippen LogP contribution in [0.1, 0.15) is 26.7 Å². The monoisotopic (exact) mass is 176 g/mol. The van der Waals surface area contributed by atoms with E-state index in [2.05, 4.69) is 0 Å². The number of nitrogens with two attached hydrogens (primary N) is 2. The Labute approximate surface area is 73.6 Å². The van der Waals surface area contributed by atoms with Crippen LogP contribution in [0.2, 0.25) is 0 Å². The SMILES string of the molecule is CC(O)CC(N)(CN)CC(C)O. The first kappa shape index (κ1) is 11.8. The van der Waals surface area contributed by atoms with Gasteiger partial charge < -0.3 is 21.7 Å². The Balaban J connectivity index is 4.04. The molecule has 0 aliphatic heterocycles. The minimum atomic E-state index is -0.637. The van der Waals surface area contributed by atoms with E-state index in [0.717, 1.165) is 0 Å². The highest BCUT2D eigenvalue weighted by Gasteiger charge is 2.26.